The van der Waals surface area contributed by atoms with E-state index in [0.717, 1.165) is 12.8 Å². The molecule has 7 aromatic rings. The van der Waals surface area contributed by atoms with E-state index in [-0.39, 0.29) is 0 Å². The molecule has 0 N–H and O–H groups in total. The number of hydrogen-bond donors (Lipinski definition) is 0. The van der Waals surface area contributed by atoms with Gasteiger partial charge in [0.2, 0.25) is 0 Å². The first-order chi connectivity index (χ1) is 21.3. The summed E-state index contributed by atoms with van der Waals surface area (Å²) in [5, 5.41) is 7.89. The molecule has 0 saturated carbocycles. The second kappa shape index (κ2) is 11.0. The van der Waals surface area contributed by atoms with Gasteiger partial charge in [-0.3, -0.25) is 0 Å². The third-order valence-corrected chi connectivity index (χ3v) is 9.78. The van der Waals surface area contributed by atoms with E-state index < -0.39 is 0 Å². The highest BCUT2D eigenvalue weighted by Gasteiger charge is 2.14. The van der Waals surface area contributed by atoms with Gasteiger partial charge in [-0.1, -0.05) is 140 Å². The highest BCUT2D eigenvalue weighted by Crippen LogP contribution is 2.38. The standard InChI is InChI=1S/C42H30S/c1-2-4-15-37(38-19-11-21-41-42(38)39-18-9-10-20-40(39)43-41)36-17-8-7-16-35(36)34(14-3-1)31-25-22-30(23-26-31)33-27-24-29-12-5-6-13-32(29)28-33/h1-13,16-28H,14-15H2/b3-1-,4-2-,35-34+,37-36+. The molecule has 0 radical (unpaired) electrons. The van der Waals surface area contributed by atoms with E-state index in [0.29, 0.717) is 0 Å². The van der Waals surface area contributed by atoms with Crippen molar-refractivity contribution in [2.24, 2.45) is 0 Å². The van der Waals surface area contributed by atoms with Crippen molar-refractivity contribution in [1.82, 2.24) is 0 Å². The molecule has 0 saturated heterocycles. The van der Waals surface area contributed by atoms with E-state index in [2.05, 4.69) is 158 Å². The topological polar surface area (TPSA) is 0 Å². The molecule has 204 valence electrons. The Hall–Kier alpha value is -4.98. The van der Waals surface area contributed by atoms with Gasteiger partial charge < -0.3 is 0 Å². The Kier molecular flexibility index (Phi) is 6.59. The van der Waals surface area contributed by atoms with Crippen molar-refractivity contribution in [2.75, 3.05) is 0 Å². The van der Waals surface area contributed by atoms with Crippen LogP contribution in [0.5, 0.6) is 0 Å². The van der Waals surface area contributed by atoms with Gasteiger partial charge in [-0.15, -0.1) is 11.3 Å². The first-order valence-electron chi connectivity index (χ1n) is 15.0. The van der Waals surface area contributed by atoms with E-state index in [4.69, 9.17) is 0 Å². The summed E-state index contributed by atoms with van der Waals surface area (Å²) in [5.74, 6) is 0. The molecule has 6 aromatic carbocycles. The molecule has 1 aliphatic rings. The summed E-state index contributed by atoms with van der Waals surface area (Å²) >= 11 is 1.89. The first kappa shape index (κ1) is 25.7. The maximum atomic E-state index is 2.32. The van der Waals surface area contributed by atoms with Gasteiger partial charge >= 0.3 is 0 Å². The van der Waals surface area contributed by atoms with Crippen LogP contribution in [0.4, 0.5) is 0 Å². The molecule has 0 fully saturated rings. The highest BCUT2D eigenvalue weighted by molar-refractivity contribution is 7.25. The van der Waals surface area contributed by atoms with Crippen molar-refractivity contribution in [3.05, 3.63) is 179 Å². The zero-order valence-corrected chi connectivity index (χ0v) is 24.7. The van der Waals surface area contributed by atoms with Crippen molar-refractivity contribution < 1.29 is 0 Å². The molecular formula is C42H30S. The molecule has 0 atom stereocenters. The number of rotatable bonds is 3. The van der Waals surface area contributed by atoms with Crippen LogP contribution in [0.3, 0.4) is 0 Å². The lowest BCUT2D eigenvalue weighted by atomic mass is 9.91. The first-order valence-corrected chi connectivity index (χ1v) is 15.8. The third kappa shape index (κ3) is 4.73. The molecule has 1 aliphatic carbocycles. The Labute approximate surface area is 255 Å². The fourth-order valence-electron chi connectivity index (χ4n) is 6.55. The number of thiophene rings is 1. The van der Waals surface area contributed by atoms with Crippen LogP contribution >= 0.6 is 11.3 Å². The highest BCUT2D eigenvalue weighted by atomic mass is 32.1. The monoisotopic (exact) mass is 566 g/mol. The molecule has 8 rings (SSSR count). The van der Waals surface area contributed by atoms with Crippen LogP contribution in [0.2, 0.25) is 0 Å². The molecule has 0 nitrogen and oxygen atoms in total. The van der Waals surface area contributed by atoms with E-state index in [1.54, 1.807) is 0 Å². The van der Waals surface area contributed by atoms with Gasteiger partial charge in [0.05, 0.1) is 0 Å². The fourth-order valence-corrected chi connectivity index (χ4v) is 7.68. The molecule has 0 bridgehead atoms. The van der Waals surface area contributed by atoms with E-state index in [1.165, 1.54) is 74.8 Å². The van der Waals surface area contributed by atoms with Crippen LogP contribution < -0.4 is 10.4 Å². The molecule has 43 heavy (non-hydrogen) atoms. The SMILES string of the molecule is C1=C\C/C(c2ccc(-c3ccc4ccccc4c3)cc2)=c2/cccc/c2=C(\c2cccc3sc4ccccc4c23)C\C=C/1. The van der Waals surface area contributed by atoms with Crippen molar-refractivity contribution >= 4 is 53.4 Å². The van der Waals surface area contributed by atoms with E-state index >= 15 is 0 Å². The quantitative estimate of drug-likeness (QED) is 0.200. The summed E-state index contributed by atoms with van der Waals surface area (Å²) in [7, 11) is 0. The van der Waals surface area contributed by atoms with Gasteiger partial charge in [-0.05, 0) is 85.7 Å². The van der Waals surface area contributed by atoms with Crippen molar-refractivity contribution in [2.45, 2.75) is 12.8 Å². The van der Waals surface area contributed by atoms with Gasteiger partial charge in [0.1, 0.15) is 0 Å². The van der Waals surface area contributed by atoms with Crippen molar-refractivity contribution in [3.8, 4) is 11.1 Å². The summed E-state index contributed by atoms with van der Waals surface area (Å²) in [6.45, 7) is 0. The van der Waals surface area contributed by atoms with Crippen LogP contribution in [0.15, 0.2) is 158 Å². The van der Waals surface area contributed by atoms with E-state index in [9.17, 15) is 0 Å². The lowest BCUT2D eigenvalue weighted by molar-refractivity contribution is 1.29. The maximum absolute atomic E-state index is 2.32. The zero-order chi connectivity index (χ0) is 28.6. The molecule has 0 spiro atoms. The normalized spacial score (nSPS) is 17.6. The van der Waals surface area contributed by atoms with Crippen LogP contribution in [0.25, 0.3) is 53.2 Å². The molecule has 0 amide bonds. The summed E-state index contributed by atoms with van der Waals surface area (Å²) in [4.78, 5) is 0. The van der Waals surface area contributed by atoms with Gasteiger partial charge in [0.15, 0.2) is 0 Å². The molecular weight excluding hydrogens is 537 g/mol. The minimum Gasteiger partial charge on any atom is -0.135 e. The van der Waals surface area contributed by atoms with Gasteiger partial charge in [-0.2, -0.15) is 0 Å². The summed E-state index contributed by atoms with van der Waals surface area (Å²) in [6, 6.07) is 49.1. The van der Waals surface area contributed by atoms with Crippen LogP contribution in [0, 0.1) is 0 Å². The largest absolute Gasteiger partial charge is 0.135 e. The Morgan fingerprint density at radius 3 is 1.91 bits per heavy atom. The smallest absolute Gasteiger partial charge is 0.0361 e. The van der Waals surface area contributed by atoms with Crippen molar-refractivity contribution in [1.29, 1.82) is 0 Å². The molecule has 0 aliphatic heterocycles. The summed E-state index contributed by atoms with van der Waals surface area (Å²) in [5.41, 5.74) is 7.82. The van der Waals surface area contributed by atoms with Gasteiger partial charge in [0.25, 0.3) is 0 Å². The molecule has 0 unspecified atom stereocenters. The van der Waals surface area contributed by atoms with Crippen LogP contribution in [-0.4, -0.2) is 0 Å². The van der Waals surface area contributed by atoms with E-state index in [1.807, 2.05) is 11.3 Å². The molecule has 1 heterocycles. The minimum absolute atomic E-state index is 0.871. The average Bonchev–Trinajstić information content (AvgIpc) is 3.46. The number of allylic oxidation sites excluding steroid dienone is 4. The van der Waals surface area contributed by atoms with Crippen molar-refractivity contribution in [3.63, 3.8) is 0 Å². The Bertz CT molecular complexity index is 2330. The minimum atomic E-state index is 0.871. The van der Waals surface area contributed by atoms with Gasteiger partial charge in [0, 0.05) is 20.2 Å². The molecule has 1 heteroatoms. The summed E-state index contributed by atoms with van der Waals surface area (Å²) < 4.78 is 2.69. The van der Waals surface area contributed by atoms with Gasteiger partial charge in [-0.25, -0.2) is 0 Å². The van der Waals surface area contributed by atoms with Crippen LogP contribution in [0.1, 0.15) is 24.0 Å². The lowest BCUT2D eigenvalue weighted by Crippen LogP contribution is -2.30. The number of fused-ring (bicyclic) bond motifs is 5. The summed E-state index contributed by atoms with van der Waals surface area (Å²) in [6.07, 6.45) is 10.8. The lowest BCUT2D eigenvalue weighted by Gasteiger charge is -2.13. The second-order valence-corrected chi connectivity index (χ2v) is 12.3. The maximum Gasteiger partial charge on any atom is 0.0361 e. The average molecular weight is 567 g/mol. The Morgan fingerprint density at radius 2 is 1.07 bits per heavy atom. The third-order valence-electron chi connectivity index (χ3n) is 8.65. The van der Waals surface area contributed by atoms with Crippen LogP contribution in [-0.2, 0) is 0 Å². The Balaban J connectivity index is 1.35. The second-order valence-electron chi connectivity index (χ2n) is 11.2. The predicted octanol–water partition coefficient (Wildman–Crippen LogP) is 10.2. The predicted molar refractivity (Wildman–Crippen MR) is 187 cm³/mol. The molecule has 1 aromatic heterocycles. The zero-order valence-electron chi connectivity index (χ0n) is 23.8. The Morgan fingerprint density at radius 1 is 0.442 bits per heavy atom. The number of benzene rings is 6. The fraction of sp³-hybridized carbons (Fsp3) is 0.0476. The number of hydrogen-bond acceptors (Lipinski definition) is 1.